The average molecular weight is 379 g/mol. The van der Waals surface area contributed by atoms with E-state index in [0.29, 0.717) is 17.9 Å². The lowest BCUT2D eigenvalue weighted by atomic mass is 9.99. The minimum Gasteiger partial charge on any atom is -0.381 e. The molecule has 146 valence electrons. The van der Waals surface area contributed by atoms with Gasteiger partial charge in [-0.05, 0) is 50.4 Å². The summed E-state index contributed by atoms with van der Waals surface area (Å²) in [5.74, 6) is 2.13. The fraction of sp³-hybridized carbons (Fsp3) is 0.500. The highest BCUT2D eigenvalue weighted by molar-refractivity contribution is 5.64. The maximum Gasteiger partial charge on any atom is 0.223 e. The molecule has 1 unspecified atom stereocenters. The zero-order valence-electron chi connectivity index (χ0n) is 15.8. The molecule has 3 aromatic heterocycles. The number of hydrogen-bond donors (Lipinski definition) is 2. The molecule has 5 heterocycles. The second-order valence-corrected chi connectivity index (χ2v) is 7.54. The lowest BCUT2D eigenvalue weighted by molar-refractivity contribution is 0.0903. The molecule has 0 spiro atoms. The Hall–Kier alpha value is -2.58. The molecule has 0 aromatic carbocycles. The molecule has 0 aliphatic carbocycles. The van der Waals surface area contributed by atoms with Gasteiger partial charge in [0.1, 0.15) is 5.82 Å². The Bertz CT molecular complexity index is 945. The zero-order valence-corrected chi connectivity index (χ0v) is 15.8. The van der Waals surface area contributed by atoms with Gasteiger partial charge in [-0.2, -0.15) is 0 Å². The van der Waals surface area contributed by atoms with Gasteiger partial charge in [0, 0.05) is 49.7 Å². The molecule has 28 heavy (non-hydrogen) atoms. The van der Waals surface area contributed by atoms with Crippen LogP contribution in [0.3, 0.4) is 0 Å². The van der Waals surface area contributed by atoms with Gasteiger partial charge >= 0.3 is 0 Å². The molecule has 8 nitrogen and oxygen atoms in total. The lowest BCUT2D eigenvalue weighted by Gasteiger charge is -2.23. The predicted octanol–water partition coefficient (Wildman–Crippen LogP) is 2.24. The Kier molecular flexibility index (Phi) is 4.88. The largest absolute Gasteiger partial charge is 0.381 e. The second kappa shape index (κ2) is 7.81. The quantitative estimate of drug-likeness (QED) is 0.719. The summed E-state index contributed by atoms with van der Waals surface area (Å²) in [7, 11) is 0. The van der Waals surface area contributed by atoms with Crippen LogP contribution in [-0.4, -0.2) is 56.9 Å². The second-order valence-electron chi connectivity index (χ2n) is 7.54. The molecule has 8 heteroatoms. The molecule has 2 fully saturated rings. The van der Waals surface area contributed by atoms with Crippen molar-refractivity contribution < 1.29 is 4.74 Å². The number of aromatic nitrogens is 5. The van der Waals surface area contributed by atoms with E-state index in [1.54, 1.807) is 6.20 Å². The highest BCUT2D eigenvalue weighted by atomic mass is 16.5. The molecule has 2 N–H and O–H groups in total. The summed E-state index contributed by atoms with van der Waals surface area (Å²) in [5, 5.41) is 15.8. The van der Waals surface area contributed by atoms with Crippen LogP contribution in [0.1, 0.15) is 37.4 Å². The smallest absolute Gasteiger partial charge is 0.223 e. The van der Waals surface area contributed by atoms with E-state index >= 15 is 0 Å². The van der Waals surface area contributed by atoms with Crippen LogP contribution >= 0.6 is 0 Å². The van der Waals surface area contributed by atoms with Gasteiger partial charge in [0.15, 0.2) is 5.65 Å². The third-order valence-electron chi connectivity index (χ3n) is 5.60. The van der Waals surface area contributed by atoms with Gasteiger partial charge in [0.25, 0.3) is 0 Å². The van der Waals surface area contributed by atoms with Crippen molar-refractivity contribution in [3.05, 3.63) is 36.4 Å². The van der Waals surface area contributed by atoms with E-state index in [-0.39, 0.29) is 0 Å². The van der Waals surface area contributed by atoms with Crippen LogP contribution in [0.4, 0.5) is 5.95 Å². The van der Waals surface area contributed by atoms with Gasteiger partial charge in [-0.15, -0.1) is 10.2 Å². The number of pyridine rings is 1. The van der Waals surface area contributed by atoms with E-state index in [1.807, 2.05) is 12.1 Å². The van der Waals surface area contributed by atoms with Gasteiger partial charge in [0.05, 0.1) is 5.69 Å². The minimum absolute atomic E-state index is 0.370. The van der Waals surface area contributed by atoms with E-state index in [0.717, 1.165) is 68.3 Å². The molecule has 0 amide bonds. The normalized spacial score (nSPS) is 21.1. The Balaban J connectivity index is 1.39. The first-order chi connectivity index (χ1) is 13.9. The van der Waals surface area contributed by atoms with Gasteiger partial charge in [-0.3, -0.25) is 4.40 Å². The van der Waals surface area contributed by atoms with Crippen molar-refractivity contribution in [1.29, 1.82) is 0 Å². The van der Waals surface area contributed by atoms with E-state index in [4.69, 9.17) is 9.72 Å². The summed E-state index contributed by atoms with van der Waals surface area (Å²) < 4.78 is 7.52. The van der Waals surface area contributed by atoms with Crippen molar-refractivity contribution in [2.45, 2.75) is 37.6 Å². The summed E-state index contributed by atoms with van der Waals surface area (Å²) >= 11 is 0. The van der Waals surface area contributed by atoms with Crippen molar-refractivity contribution in [1.82, 2.24) is 29.9 Å². The number of nitrogens with zero attached hydrogens (tertiary/aromatic N) is 5. The number of nitrogens with one attached hydrogen (secondary N) is 2. The Morgan fingerprint density at radius 2 is 2.07 bits per heavy atom. The van der Waals surface area contributed by atoms with Crippen LogP contribution in [0, 0.1) is 0 Å². The number of ether oxygens (including phenoxy) is 1. The number of rotatable bonds is 4. The molecule has 2 aliphatic heterocycles. The molecule has 0 radical (unpaired) electrons. The lowest BCUT2D eigenvalue weighted by Crippen LogP contribution is -2.29. The van der Waals surface area contributed by atoms with Crippen LogP contribution in [0.15, 0.2) is 30.6 Å². The highest BCUT2D eigenvalue weighted by Crippen LogP contribution is 2.25. The maximum atomic E-state index is 5.42. The third-order valence-corrected chi connectivity index (χ3v) is 5.60. The number of piperidine rings is 1. The predicted molar refractivity (Wildman–Crippen MR) is 106 cm³/mol. The number of fused-ring (bicyclic) bond motifs is 1. The van der Waals surface area contributed by atoms with Crippen molar-refractivity contribution in [3.8, 4) is 11.3 Å². The summed E-state index contributed by atoms with van der Waals surface area (Å²) in [6.45, 7) is 3.64. The standard InChI is InChI=1S/C20H25N7O/c1-2-15(13-21-7-1)19-26-25-18-12-14(4-9-27(18)19)17-3-8-22-20(24-17)23-16-5-10-28-11-6-16/h3-4,8-9,12,15-16,21H,1-2,5-7,10-11,13H2,(H,22,23,24). The van der Waals surface area contributed by atoms with Crippen LogP contribution in [0.2, 0.25) is 0 Å². The molecule has 3 aromatic rings. The fourth-order valence-electron chi connectivity index (χ4n) is 4.03. The maximum absolute atomic E-state index is 5.42. The highest BCUT2D eigenvalue weighted by Gasteiger charge is 2.21. The van der Waals surface area contributed by atoms with E-state index in [1.165, 1.54) is 6.42 Å². The molecule has 0 saturated carbocycles. The summed E-state index contributed by atoms with van der Waals surface area (Å²) in [4.78, 5) is 9.09. The SMILES string of the molecule is c1cc(-c2ccn3c(C4CCCNC4)nnc3c2)nc(NC2CCOCC2)n1. The Morgan fingerprint density at radius 3 is 2.93 bits per heavy atom. The first kappa shape index (κ1) is 17.5. The Morgan fingerprint density at radius 1 is 1.14 bits per heavy atom. The molecule has 5 rings (SSSR count). The number of anilines is 1. The summed E-state index contributed by atoms with van der Waals surface area (Å²) in [5.41, 5.74) is 2.76. The molecular formula is C20H25N7O. The number of hydrogen-bond acceptors (Lipinski definition) is 7. The van der Waals surface area contributed by atoms with Gasteiger partial charge < -0.3 is 15.4 Å². The molecule has 2 aliphatic rings. The Labute approximate surface area is 163 Å². The van der Waals surface area contributed by atoms with Gasteiger partial charge in [0.2, 0.25) is 5.95 Å². The minimum atomic E-state index is 0.370. The molecular weight excluding hydrogens is 354 g/mol. The van der Waals surface area contributed by atoms with Crippen LogP contribution in [0.5, 0.6) is 0 Å². The topological polar surface area (TPSA) is 89.3 Å². The van der Waals surface area contributed by atoms with E-state index < -0.39 is 0 Å². The average Bonchev–Trinajstić information content (AvgIpc) is 3.19. The molecule has 2 saturated heterocycles. The van der Waals surface area contributed by atoms with Crippen molar-refractivity contribution in [3.63, 3.8) is 0 Å². The van der Waals surface area contributed by atoms with Crippen molar-refractivity contribution in [2.24, 2.45) is 0 Å². The van der Waals surface area contributed by atoms with Crippen molar-refractivity contribution in [2.75, 3.05) is 31.6 Å². The van der Waals surface area contributed by atoms with Crippen molar-refractivity contribution >= 4 is 11.6 Å². The van der Waals surface area contributed by atoms with E-state index in [9.17, 15) is 0 Å². The van der Waals surface area contributed by atoms with Gasteiger partial charge in [-0.25, -0.2) is 9.97 Å². The zero-order chi connectivity index (χ0) is 18.8. The monoisotopic (exact) mass is 379 g/mol. The fourth-order valence-corrected chi connectivity index (χ4v) is 4.03. The van der Waals surface area contributed by atoms with Gasteiger partial charge in [-0.1, -0.05) is 0 Å². The molecule has 0 bridgehead atoms. The van der Waals surface area contributed by atoms with Crippen LogP contribution in [0.25, 0.3) is 16.9 Å². The van der Waals surface area contributed by atoms with Crippen LogP contribution in [-0.2, 0) is 4.74 Å². The first-order valence-corrected chi connectivity index (χ1v) is 10.1. The summed E-state index contributed by atoms with van der Waals surface area (Å²) in [6.07, 6.45) is 8.17. The van der Waals surface area contributed by atoms with E-state index in [2.05, 4.69) is 42.5 Å². The molecule has 1 atom stereocenters. The summed E-state index contributed by atoms with van der Waals surface area (Å²) in [6, 6.07) is 6.43. The van der Waals surface area contributed by atoms with Crippen LogP contribution < -0.4 is 10.6 Å². The first-order valence-electron chi connectivity index (χ1n) is 10.1. The third kappa shape index (κ3) is 3.57.